The molecule has 1 aromatic heterocycles. The Kier molecular flexibility index (Phi) is 7.77. The lowest BCUT2D eigenvalue weighted by molar-refractivity contribution is -0.118. The SMILES string of the molecule is Cc1cc(C)nc(SCC(=O)N/N=C\c2c(OCc3ccc(Cl)cc3)ccc3ccccc23)n1. The van der Waals surface area contributed by atoms with E-state index in [1.54, 1.807) is 6.21 Å². The highest BCUT2D eigenvalue weighted by molar-refractivity contribution is 7.99. The van der Waals surface area contributed by atoms with Gasteiger partial charge in [-0.05, 0) is 54.4 Å². The molecule has 0 saturated heterocycles. The number of hydrazone groups is 1. The van der Waals surface area contributed by atoms with E-state index in [0.29, 0.717) is 22.5 Å². The number of amides is 1. The summed E-state index contributed by atoms with van der Waals surface area (Å²) in [4.78, 5) is 21.0. The van der Waals surface area contributed by atoms with Gasteiger partial charge in [-0.15, -0.1) is 0 Å². The Labute approximate surface area is 207 Å². The van der Waals surface area contributed by atoms with E-state index in [9.17, 15) is 4.79 Å². The lowest BCUT2D eigenvalue weighted by Gasteiger charge is -2.12. The summed E-state index contributed by atoms with van der Waals surface area (Å²) in [6, 6.07) is 21.3. The second kappa shape index (κ2) is 11.1. The van der Waals surface area contributed by atoms with Gasteiger partial charge in [0.05, 0.1) is 12.0 Å². The van der Waals surface area contributed by atoms with Gasteiger partial charge in [0.25, 0.3) is 5.91 Å². The number of nitrogens with one attached hydrogen (secondary N) is 1. The van der Waals surface area contributed by atoms with Gasteiger partial charge in [0, 0.05) is 22.0 Å². The van der Waals surface area contributed by atoms with Crippen LogP contribution in [0.3, 0.4) is 0 Å². The molecule has 3 aromatic carbocycles. The molecule has 1 heterocycles. The summed E-state index contributed by atoms with van der Waals surface area (Å²) in [5.41, 5.74) is 6.12. The number of hydrogen-bond acceptors (Lipinski definition) is 6. The van der Waals surface area contributed by atoms with Crippen LogP contribution in [0.2, 0.25) is 5.02 Å². The van der Waals surface area contributed by atoms with Crippen LogP contribution < -0.4 is 10.2 Å². The number of hydrogen-bond donors (Lipinski definition) is 1. The van der Waals surface area contributed by atoms with Crippen molar-refractivity contribution >= 4 is 46.3 Å². The number of aryl methyl sites for hydroxylation is 2. The Morgan fingerprint density at radius 3 is 2.56 bits per heavy atom. The average molecular weight is 491 g/mol. The van der Waals surface area contributed by atoms with Crippen molar-refractivity contribution in [2.45, 2.75) is 25.6 Å². The maximum Gasteiger partial charge on any atom is 0.250 e. The highest BCUT2D eigenvalue weighted by atomic mass is 35.5. The minimum atomic E-state index is -0.243. The molecule has 0 aliphatic rings. The minimum Gasteiger partial charge on any atom is -0.488 e. The van der Waals surface area contributed by atoms with Crippen LogP contribution in [-0.2, 0) is 11.4 Å². The molecule has 34 heavy (non-hydrogen) atoms. The maximum absolute atomic E-state index is 12.3. The third-order valence-corrected chi connectivity index (χ3v) is 6.01. The second-order valence-corrected chi connectivity index (χ2v) is 9.01. The number of halogens is 1. The van der Waals surface area contributed by atoms with Crippen molar-refractivity contribution in [3.05, 3.63) is 94.3 Å². The molecule has 0 spiro atoms. The molecule has 0 unspecified atom stereocenters. The summed E-state index contributed by atoms with van der Waals surface area (Å²) >= 11 is 7.25. The van der Waals surface area contributed by atoms with Crippen molar-refractivity contribution < 1.29 is 9.53 Å². The summed E-state index contributed by atoms with van der Waals surface area (Å²) in [7, 11) is 0. The fourth-order valence-electron chi connectivity index (χ4n) is 3.37. The van der Waals surface area contributed by atoms with Crippen LogP contribution in [0.1, 0.15) is 22.5 Å². The lowest BCUT2D eigenvalue weighted by atomic mass is 10.0. The monoisotopic (exact) mass is 490 g/mol. The molecule has 0 radical (unpaired) electrons. The quantitative estimate of drug-likeness (QED) is 0.148. The first-order valence-corrected chi connectivity index (χ1v) is 12.0. The van der Waals surface area contributed by atoms with Crippen molar-refractivity contribution in [2.24, 2.45) is 5.10 Å². The fraction of sp³-hybridized carbons (Fsp3) is 0.154. The molecular weight excluding hydrogens is 468 g/mol. The Hall–Kier alpha value is -3.42. The van der Waals surface area contributed by atoms with Crippen molar-refractivity contribution in [1.82, 2.24) is 15.4 Å². The van der Waals surface area contributed by atoms with Gasteiger partial charge in [0.15, 0.2) is 5.16 Å². The molecule has 0 saturated carbocycles. The van der Waals surface area contributed by atoms with E-state index in [1.165, 1.54) is 11.8 Å². The van der Waals surface area contributed by atoms with E-state index in [4.69, 9.17) is 16.3 Å². The number of nitrogens with zero attached hydrogens (tertiary/aromatic N) is 3. The van der Waals surface area contributed by atoms with Crippen LogP contribution in [0.25, 0.3) is 10.8 Å². The molecule has 0 bridgehead atoms. The molecule has 8 heteroatoms. The van der Waals surface area contributed by atoms with Crippen LogP contribution in [0.15, 0.2) is 77.0 Å². The summed E-state index contributed by atoms with van der Waals surface area (Å²) in [6.07, 6.45) is 1.62. The standard InChI is InChI=1S/C26H23ClN4O2S/c1-17-13-18(2)30-26(29-17)34-16-25(32)31-28-14-23-22-6-4-3-5-20(22)9-12-24(23)33-15-19-7-10-21(27)11-8-19/h3-14H,15-16H2,1-2H3,(H,31,32)/b28-14-. The minimum absolute atomic E-state index is 0.162. The number of rotatable bonds is 8. The second-order valence-electron chi connectivity index (χ2n) is 7.63. The van der Waals surface area contributed by atoms with Crippen molar-refractivity contribution in [3.8, 4) is 5.75 Å². The lowest BCUT2D eigenvalue weighted by Crippen LogP contribution is -2.20. The van der Waals surface area contributed by atoms with Crippen LogP contribution in [0.4, 0.5) is 0 Å². The largest absolute Gasteiger partial charge is 0.488 e. The summed E-state index contributed by atoms with van der Waals surface area (Å²) in [5, 5.41) is 7.47. The van der Waals surface area contributed by atoms with Crippen LogP contribution in [-0.4, -0.2) is 27.8 Å². The Morgan fingerprint density at radius 2 is 1.79 bits per heavy atom. The number of ether oxygens (including phenoxy) is 1. The highest BCUT2D eigenvalue weighted by Gasteiger charge is 2.09. The van der Waals surface area contributed by atoms with Crippen LogP contribution in [0, 0.1) is 13.8 Å². The van der Waals surface area contributed by atoms with E-state index in [0.717, 1.165) is 33.3 Å². The van der Waals surface area contributed by atoms with E-state index >= 15 is 0 Å². The van der Waals surface area contributed by atoms with Gasteiger partial charge >= 0.3 is 0 Å². The van der Waals surface area contributed by atoms with E-state index in [-0.39, 0.29) is 11.7 Å². The molecular formula is C26H23ClN4O2S. The Bertz CT molecular complexity index is 1320. The fourth-order valence-corrected chi connectivity index (χ4v) is 4.23. The first kappa shape index (κ1) is 23.7. The van der Waals surface area contributed by atoms with Gasteiger partial charge in [-0.3, -0.25) is 4.79 Å². The molecule has 1 N–H and O–H groups in total. The van der Waals surface area contributed by atoms with E-state index in [1.807, 2.05) is 80.6 Å². The van der Waals surface area contributed by atoms with Gasteiger partial charge in [-0.2, -0.15) is 5.10 Å². The Balaban J connectivity index is 1.46. The molecule has 0 aliphatic heterocycles. The number of benzene rings is 3. The van der Waals surface area contributed by atoms with E-state index < -0.39 is 0 Å². The zero-order valence-corrected chi connectivity index (χ0v) is 20.4. The third-order valence-electron chi connectivity index (χ3n) is 4.92. The number of carbonyl (C=O) groups excluding carboxylic acids is 1. The van der Waals surface area contributed by atoms with E-state index in [2.05, 4.69) is 20.5 Å². The third kappa shape index (κ3) is 6.34. The average Bonchev–Trinajstić information content (AvgIpc) is 2.82. The van der Waals surface area contributed by atoms with Gasteiger partial charge in [0.2, 0.25) is 0 Å². The van der Waals surface area contributed by atoms with Gasteiger partial charge in [-0.1, -0.05) is 65.8 Å². The van der Waals surface area contributed by atoms with Crippen LogP contribution in [0.5, 0.6) is 5.75 Å². The topological polar surface area (TPSA) is 76.5 Å². The summed E-state index contributed by atoms with van der Waals surface area (Å²) < 4.78 is 6.09. The zero-order valence-electron chi connectivity index (χ0n) is 18.8. The number of thioether (sulfide) groups is 1. The number of fused-ring (bicyclic) bond motifs is 1. The van der Waals surface area contributed by atoms with Gasteiger partial charge < -0.3 is 4.74 Å². The molecule has 4 aromatic rings. The molecule has 1 amide bonds. The highest BCUT2D eigenvalue weighted by Crippen LogP contribution is 2.27. The molecule has 4 rings (SSSR count). The number of aromatic nitrogens is 2. The zero-order chi connectivity index (χ0) is 23.9. The van der Waals surface area contributed by atoms with Crippen LogP contribution >= 0.6 is 23.4 Å². The predicted octanol–water partition coefficient (Wildman–Crippen LogP) is 5.72. The summed E-state index contributed by atoms with van der Waals surface area (Å²) in [5.74, 6) is 0.591. The normalized spacial score (nSPS) is 11.1. The first-order valence-electron chi connectivity index (χ1n) is 10.6. The molecule has 0 aliphatic carbocycles. The van der Waals surface area contributed by atoms with Crippen molar-refractivity contribution in [2.75, 3.05) is 5.75 Å². The van der Waals surface area contributed by atoms with Gasteiger partial charge in [-0.25, -0.2) is 15.4 Å². The number of carbonyl (C=O) groups is 1. The van der Waals surface area contributed by atoms with Crippen molar-refractivity contribution in [1.29, 1.82) is 0 Å². The molecule has 172 valence electrons. The molecule has 0 atom stereocenters. The first-order chi connectivity index (χ1) is 16.5. The summed E-state index contributed by atoms with van der Waals surface area (Å²) in [6.45, 7) is 4.19. The van der Waals surface area contributed by atoms with Crippen molar-refractivity contribution in [3.63, 3.8) is 0 Å². The predicted molar refractivity (Wildman–Crippen MR) is 138 cm³/mol. The molecule has 0 fully saturated rings. The smallest absolute Gasteiger partial charge is 0.250 e. The van der Waals surface area contributed by atoms with Gasteiger partial charge in [0.1, 0.15) is 12.4 Å². The molecule has 6 nitrogen and oxygen atoms in total. The Morgan fingerprint density at radius 1 is 1.06 bits per heavy atom. The maximum atomic E-state index is 12.3.